The first kappa shape index (κ1) is 12.5. The summed E-state index contributed by atoms with van der Waals surface area (Å²) in [5, 5.41) is 0. The molecule has 0 spiro atoms. The number of hydrogen-bond donors (Lipinski definition) is 0. The van der Waals surface area contributed by atoms with E-state index in [0.717, 1.165) is 5.69 Å². The van der Waals surface area contributed by atoms with Gasteiger partial charge in [-0.1, -0.05) is 6.07 Å². The van der Waals surface area contributed by atoms with E-state index < -0.39 is 0 Å². The first-order valence-corrected chi connectivity index (χ1v) is 5.91. The molecular formula is C13H16N2O3. The highest BCUT2D eigenvalue weighted by molar-refractivity contribution is 5.87. The van der Waals surface area contributed by atoms with Gasteiger partial charge in [0.1, 0.15) is 0 Å². The maximum atomic E-state index is 11.9. The van der Waals surface area contributed by atoms with Crippen molar-refractivity contribution in [2.75, 3.05) is 13.7 Å². The third kappa shape index (κ3) is 2.34. The average Bonchev–Trinajstić information content (AvgIpc) is 2.80. The van der Waals surface area contributed by atoms with Gasteiger partial charge < -0.3 is 9.64 Å². The van der Waals surface area contributed by atoms with Crippen LogP contribution in [0, 0.1) is 5.92 Å². The predicted octanol–water partition coefficient (Wildman–Crippen LogP) is 1.16. The van der Waals surface area contributed by atoms with Gasteiger partial charge >= 0.3 is 5.97 Å². The van der Waals surface area contributed by atoms with E-state index in [1.54, 1.807) is 11.1 Å². The Kier molecular flexibility index (Phi) is 3.60. The number of amides is 1. The smallest absolute Gasteiger partial charge is 0.310 e. The first-order valence-electron chi connectivity index (χ1n) is 5.91. The molecule has 1 fully saturated rings. The summed E-state index contributed by atoms with van der Waals surface area (Å²) in [5.41, 5.74) is 0.830. The summed E-state index contributed by atoms with van der Waals surface area (Å²) in [5.74, 6) is -0.698. The van der Waals surface area contributed by atoms with E-state index in [0.29, 0.717) is 6.54 Å². The van der Waals surface area contributed by atoms with Crippen molar-refractivity contribution in [1.82, 2.24) is 9.88 Å². The zero-order valence-corrected chi connectivity index (χ0v) is 10.5. The molecule has 0 N–H and O–H groups in total. The van der Waals surface area contributed by atoms with Crippen LogP contribution in [0.5, 0.6) is 0 Å². The van der Waals surface area contributed by atoms with E-state index in [9.17, 15) is 9.59 Å². The van der Waals surface area contributed by atoms with E-state index in [2.05, 4.69) is 9.72 Å². The molecule has 96 valence electrons. The Bertz CT molecular complexity index is 447. The van der Waals surface area contributed by atoms with Crippen LogP contribution in [0.1, 0.15) is 25.1 Å². The standard InChI is InChI=1S/C13H16N2O3/c1-9(11-5-3-4-6-14-11)15-8-10(7-12(15)16)13(17)18-2/h3-6,9-10H,7-8H2,1-2H3. The van der Waals surface area contributed by atoms with Crippen molar-refractivity contribution in [3.63, 3.8) is 0 Å². The summed E-state index contributed by atoms with van der Waals surface area (Å²) >= 11 is 0. The van der Waals surface area contributed by atoms with Crippen LogP contribution in [-0.2, 0) is 14.3 Å². The molecule has 1 saturated heterocycles. The summed E-state index contributed by atoms with van der Waals surface area (Å²) < 4.78 is 4.68. The monoisotopic (exact) mass is 248 g/mol. The Balaban J connectivity index is 2.10. The van der Waals surface area contributed by atoms with Gasteiger partial charge in [-0.15, -0.1) is 0 Å². The molecule has 0 aromatic carbocycles. The molecule has 2 heterocycles. The van der Waals surface area contributed by atoms with E-state index >= 15 is 0 Å². The van der Waals surface area contributed by atoms with Crippen LogP contribution in [0.4, 0.5) is 0 Å². The number of hydrogen-bond acceptors (Lipinski definition) is 4. The van der Waals surface area contributed by atoms with E-state index in [1.165, 1.54) is 7.11 Å². The van der Waals surface area contributed by atoms with Crippen molar-refractivity contribution in [3.8, 4) is 0 Å². The minimum absolute atomic E-state index is 0.0245. The molecule has 2 rings (SSSR count). The van der Waals surface area contributed by atoms with Crippen molar-refractivity contribution in [2.45, 2.75) is 19.4 Å². The van der Waals surface area contributed by atoms with Gasteiger partial charge in [-0.2, -0.15) is 0 Å². The summed E-state index contributed by atoms with van der Waals surface area (Å²) in [4.78, 5) is 29.3. The molecule has 1 aliphatic rings. The second kappa shape index (κ2) is 5.16. The molecular weight excluding hydrogens is 232 g/mol. The highest BCUT2D eigenvalue weighted by Crippen LogP contribution is 2.27. The predicted molar refractivity (Wildman–Crippen MR) is 64.5 cm³/mol. The molecule has 1 aromatic heterocycles. The lowest BCUT2D eigenvalue weighted by molar-refractivity contribution is -0.145. The molecule has 0 aliphatic carbocycles. The van der Waals surface area contributed by atoms with Gasteiger partial charge in [0, 0.05) is 19.2 Å². The lowest BCUT2D eigenvalue weighted by Crippen LogP contribution is -2.30. The molecule has 0 saturated carbocycles. The molecule has 5 heteroatoms. The molecule has 5 nitrogen and oxygen atoms in total. The number of esters is 1. The number of likely N-dealkylation sites (tertiary alicyclic amines) is 1. The number of methoxy groups -OCH3 is 1. The van der Waals surface area contributed by atoms with Crippen LogP contribution < -0.4 is 0 Å². The Labute approximate surface area is 106 Å². The van der Waals surface area contributed by atoms with Gasteiger partial charge in [0.2, 0.25) is 5.91 Å². The summed E-state index contributed by atoms with van der Waals surface area (Å²) in [7, 11) is 1.34. The van der Waals surface area contributed by atoms with Crippen LogP contribution in [-0.4, -0.2) is 35.4 Å². The maximum Gasteiger partial charge on any atom is 0.310 e. The number of aromatic nitrogens is 1. The largest absolute Gasteiger partial charge is 0.469 e. The van der Waals surface area contributed by atoms with E-state index in [-0.39, 0.29) is 30.3 Å². The average molecular weight is 248 g/mol. The number of pyridine rings is 1. The van der Waals surface area contributed by atoms with Crippen molar-refractivity contribution < 1.29 is 14.3 Å². The second-order valence-electron chi connectivity index (χ2n) is 4.40. The van der Waals surface area contributed by atoms with Crippen LogP contribution in [0.15, 0.2) is 24.4 Å². The van der Waals surface area contributed by atoms with Crippen LogP contribution in [0.3, 0.4) is 0 Å². The second-order valence-corrected chi connectivity index (χ2v) is 4.40. The third-order valence-corrected chi connectivity index (χ3v) is 3.28. The molecule has 1 aliphatic heterocycles. The lowest BCUT2D eigenvalue weighted by Gasteiger charge is -2.24. The fourth-order valence-electron chi connectivity index (χ4n) is 2.21. The topological polar surface area (TPSA) is 59.5 Å². The number of carbonyl (C=O) groups is 2. The highest BCUT2D eigenvalue weighted by atomic mass is 16.5. The quantitative estimate of drug-likeness (QED) is 0.753. The number of carbonyl (C=O) groups excluding carboxylic acids is 2. The van der Waals surface area contributed by atoms with Gasteiger partial charge in [0.05, 0.1) is 24.8 Å². The maximum absolute atomic E-state index is 11.9. The van der Waals surface area contributed by atoms with Gasteiger partial charge in [-0.25, -0.2) is 0 Å². The zero-order valence-electron chi connectivity index (χ0n) is 10.5. The minimum Gasteiger partial charge on any atom is -0.469 e. The van der Waals surface area contributed by atoms with Crippen LogP contribution >= 0.6 is 0 Å². The molecule has 0 bridgehead atoms. The molecule has 18 heavy (non-hydrogen) atoms. The number of nitrogens with zero attached hydrogens (tertiary/aromatic N) is 2. The van der Waals surface area contributed by atoms with Gasteiger partial charge in [0.25, 0.3) is 0 Å². The van der Waals surface area contributed by atoms with Crippen molar-refractivity contribution in [1.29, 1.82) is 0 Å². The Morgan fingerprint density at radius 2 is 2.33 bits per heavy atom. The van der Waals surface area contributed by atoms with Crippen molar-refractivity contribution in [2.24, 2.45) is 5.92 Å². The first-order chi connectivity index (χ1) is 8.63. The van der Waals surface area contributed by atoms with E-state index in [4.69, 9.17) is 0 Å². The van der Waals surface area contributed by atoms with Crippen molar-refractivity contribution in [3.05, 3.63) is 30.1 Å². The Morgan fingerprint density at radius 3 is 2.94 bits per heavy atom. The van der Waals surface area contributed by atoms with Crippen LogP contribution in [0.2, 0.25) is 0 Å². The fraction of sp³-hybridized carbons (Fsp3) is 0.462. The fourth-order valence-corrected chi connectivity index (χ4v) is 2.21. The molecule has 1 amide bonds. The number of ether oxygens (including phenoxy) is 1. The number of rotatable bonds is 3. The van der Waals surface area contributed by atoms with Crippen LogP contribution in [0.25, 0.3) is 0 Å². The van der Waals surface area contributed by atoms with Gasteiger partial charge in [0.15, 0.2) is 0 Å². The SMILES string of the molecule is COC(=O)C1CC(=O)N(C(C)c2ccccn2)C1. The Hall–Kier alpha value is -1.91. The lowest BCUT2D eigenvalue weighted by atomic mass is 10.1. The summed E-state index contributed by atoms with van der Waals surface area (Å²) in [6.07, 6.45) is 1.92. The third-order valence-electron chi connectivity index (χ3n) is 3.28. The van der Waals surface area contributed by atoms with Crippen molar-refractivity contribution >= 4 is 11.9 Å². The highest BCUT2D eigenvalue weighted by Gasteiger charge is 2.37. The minimum atomic E-state index is -0.353. The molecule has 0 radical (unpaired) electrons. The molecule has 2 atom stereocenters. The zero-order chi connectivity index (χ0) is 13.1. The normalized spacial score (nSPS) is 20.9. The van der Waals surface area contributed by atoms with E-state index in [1.807, 2.05) is 25.1 Å². The van der Waals surface area contributed by atoms with Gasteiger partial charge in [-0.3, -0.25) is 14.6 Å². The Morgan fingerprint density at radius 1 is 1.56 bits per heavy atom. The van der Waals surface area contributed by atoms with Gasteiger partial charge in [-0.05, 0) is 19.1 Å². The molecule has 1 aromatic rings. The molecule has 2 unspecified atom stereocenters. The summed E-state index contributed by atoms with van der Waals surface area (Å²) in [6.45, 7) is 2.32. The summed E-state index contributed by atoms with van der Waals surface area (Å²) in [6, 6.07) is 5.48.